The van der Waals surface area contributed by atoms with Gasteiger partial charge in [-0.1, -0.05) is 24.2 Å². The predicted octanol–water partition coefficient (Wildman–Crippen LogP) is 3.17. The van der Waals surface area contributed by atoms with Crippen LogP contribution in [-0.4, -0.2) is 11.0 Å². The summed E-state index contributed by atoms with van der Waals surface area (Å²) < 4.78 is 5.31. The van der Waals surface area contributed by atoms with Gasteiger partial charge in [-0.15, -0.1) is 11.6 Å². The Morgan fingerprint density at radius 2 is 2.29 bits per heavy atom. The Bertz CT molecular complexity index is 436. The van der Waals surface area contributed by atoms with Crippen LogP contribution in [0, 0.1) is 0 Å². The number of rotatable bonds is 3. The van der Waals surface area contributed by atoms with E-state index in [9.17, 15) is 0 Å². The van der Waals surface area contributed by atoms with Crippen molar-refractivity contribution in [2.24, 2.45) is 0 Å². The van der Waals surface area contributed by atoms with Crippen molar-refractivity contribution in [2.45, 2.75) is 19.8 Å². The van der Waals surface area contributed by atoms with E-state index in [1.165, 1.54) is 5.56 Å². The van der Waals surface area contributed by atoms with Gasteiger partial charge in [0.05, 0.1) is 5.69 Å². The summed E-state index contributed by atoms with van der Waals surface area (Å²) in [6.07, 6.45) is 1.73. The minimum atomic E-state index is 0.581. The smallest absolute Gasteiger partial charge is 0.170 e. The second kappa shape index (κ2) is 4.01. The predicted molar refractivity (Wildman–Crippen MR) is 57.8 cm³/mol. The Balaban J connectivity index is 2.57. The van der Waals surface area contributed by atoms with Crippen molar-refractivity contribution in [2.75, 3.05) is 5.88 Å². The molecular weight excluding hydrogens is 198 g/mol. The number of aromatic nitrogens is 1. The fraction of sp³-hybridized carbons (Fsp3) is 0.364. The zero-order chi connectivity index (χ0) is 9.97. The summed E-state index contributed by atoms with van der Waals surface area (Å²) in [5.74, 6) is 0.581. The second-order valence-electron chi connectivity index (χ2n) is 3.22. The molecule has 0 saturated heterocycles. The molecule has 74 valence electrons. The van der Waals surface area contributed by atoms with Crippen molar-refractivity contribution in [3.8, 4) is 0 Å². The Morgan fingerprint density at radius 3 is 3.00 bits per heavy atom. The molecule has 0 N–H and O–H groups in total. The summed E-state index contributed by atoms with van der Waals surface area (Å²) >= 11 is 5.69. The van der Waals surface area contributed by atoms with Crippen LogP contribution in [0.15, 0.2) is 22.7 Å². The van der Waals surface area contributed by atoms with Crippen molar-refractivity contribution >= 4 is 22.6 Å². The van der Waals surface area contributed by atoms with Gasteiger partial charge >= 0.3 is 0 Å². The van der Waals surface area contributed by atoms with E-state index in [2.05, 4.69) is 18.1 Å². The standard InChI is InChI=1S/C11H12ClNO/c1-2-8-4-3-5-9-10(6-7-12)13-14-11(8)9/h3-5H,2,6-7H2,1H3. The highest BCUT2D eigenvalue weighted by molar-refractivity contribution is 6.18. The summed E-state index contributed by atoms with van der Waals surface area (Å²) in [6, 6.07) is 6.14. The lowest BCUT2D eigenvalue weighted by molar-refractivity contribution is 0.445. The van der Waals surface area contributed by atoms with Crippen LogP contribution in [0.4, 0.5) is 0 Å². The fourth-order valence-electron chi connectivity index (χ4n) is 1.62. The van der Waals surface area contributed by atoms with E-state index in [1.807, 2.05) is 12.1 Å². The van der Waals surface area contributed by atoms with Gasteiger partial charge in [-0.3, -0.25) is 0 Å². The number of nitrogens with zero attached hydrogens (tertiary/aromatic N) is 1. The lowest BCUT2D eigenvalue weighted by Crippen LogP contribution is -1.86. The molecule has 2 nitrogen and oxygen atoms in total. The van der Waals surface area contributed by atoms with Crippen LogP contribution >= 0.6 is 11.6 Å². The number of hydrogen-bond donors (Lipinski definition) is 0. The highest BCUT2D eigenvalue weighted by Gasteiger charge is 2.09. The molecule has 0 unspecified atom stereocenters. The third kappa shape index (κ3) is 1.50. The molecule has 14 heavy (non-hydrogen) atoms. The van der Waals surface area contributed by atoms with Crippen molar-refractivity contribution in [1.82, 2.24) is 5.16 Å². The summed E-state index contributed by atoms with van der Waals surface area (Å²) in [5.41, 5.74) is 3.08. The van der Waals surface area contributed by atoms with Crippen molar-refractivity contribution in [3.63, 3.8) is 0 Å². The largest absolute Gasteiger partial charge is 0.356 e. The molecule has 3 heteroatoms. The molecule has 0 bridgehead atoms. The molecule has 0 atom stereocenters. The Morgan fingerprint density at radius 1 is 1.43 bits per heavy atom. The Hall–Kier alpha value is -1.02. The van der Waals surface area contributed by atoms with Gasteiger partial charge in [0.2, 0.25) is 0 Å². The van der Waals surface area contributed by atoms with Crippen LogP contribution in [0.2, 0.25) is 0 Å². The molecule has 0 fully saturated rings. The lowest BCUT2D eigenvalue weighted by atomic mass is 10.1. The van der Waals surface area contributed by atoms with Gasteiger partial charge in [0, 0.05) is 17.7 Å². The molecule has 1 aromatic carbocycles. The number of aryl methyl sites for hydroxylation is 2. The highest BCUT2D eigenvalue weighted by Crippen LogP contribution is 2.22. The van der Waals surface area contributed by atoms with Crippen LogP contribution in [-0.2, 0) is 12.8 Å². The normalized spacial score (nSPS) is 11.0. The van der Waals surface area contributed by atoms with Crippen LogP contribution in [0.25, 0.3) is 11.0 Å². The van der Waals surface area contributed by atoms with E-state index in [0.717, 1.165) is 29.5 Å². The number of fused-ring (bicyclic) bond motifs is 1. The molecule has 0 radical (unpaired) electrons. The van der Waals surface area contributed by atoms with Gasteiger partial charge in [-0.25, -0.2) is 0 Å². The van der Waals surface area contributed by atoms with E-state index < -0.39 is 0 Å². The first kappa shape index (κ1) is 9.53. The van der Waals surface area contributed by atoms with Crippen LogP contribution < -0.4 is 0 Å². The minimum Gasteiger partial charge on any atom is -0.356 e. The molecule has 0 saturated carbocycles. The molecule has 1 aromatic heterocycles. The zero-order valence-corrected chi connectivity index (χ0v) is 8.84. The topological polar surface area (TPSA) is 26.0 Å². The van der Waals surface area contributed by atoms with Crippen molar-refractivity contribution in [1.29, 1.82) is 0 Å². The molecule has 0 aliphatic rings. The lowest BCUT2D eigenvalue weighted by Gasteiger charge is -1.95. The maximum absolute atomic E-state index is 5.69. The number of halogens is 1. The summed E-state index contributed by atoms with van der Waals surface area (Å²) in [6.45, 7) is 2.11. The number of alkyl halides is 1. The third-order valence-electron chi connectivity index (χ3n) is 2.37. The average molecular weight is 210 g/mol. The highest BCUT2D eigenvalue weighted by atomic mass is 35.5. The molecule has 0 spiro atoms. The van der Waals surface area contributed by atoms with E-state index >= 15 is 0 Å². The van der Waals surface area contributed by atoms with Gasteiger partial charge in [-0.05, 0) is 18.1 Å². The SMILES string of the molecule is CCc1cccc2c(CCCl)noc12. The molecule has 0 aliphatic carbocycles. The average Bonchev–Trinajstić information content (AvgIpc) is 2.62. The van der Waals surface area contributed by atoms with Gasteiger partial charge in [-0.2, -0.15) is 0 Å². The first-order chi connectivity index (χ1) is 6.86. The zero-order valence-electron chi connectivity index (χ0n) is 8.09. The quantitative estimate of drug-likeness (QED) is 0.726. The van der Waals surface area contributed by atoms with Gasteiger partial charge in [0.15, 0.2) is 5.58 Å². The number of benzene rings is 1. The van der Waals surface area contributed by atoms with Crippen molar-refractivity contribution in [3.05, 3.63) is 29.5 Å². The molecule has 1 heterocycles. The van der Waals surface area contributed by atoms with Crippen LogP contribution in [0.1, 0.15) is 18.2 Å². The second-order valence-corrected chi connectivity index (χ2v) is 3.59. The molecule has 2 rings (SSSR count). The van der Waals surface area contributed by atoms with E-state index in [-0.39, 0.29) is 0 Å². The number of hydrogen-bond acceptors (Lipinski definition) is 2. The van der Waals surface area contributed by atoms with E-state index in [0.29, 0.717) is 5.88 Å². The van der Waals surface area contributed by atoms with Crippen LogP contribution in [0.3, 0.4) is 0 Å². The molecule has 0 amide bonds. The van der Waals surface area contributed by atoms with Gasteiger partial charge in [0.1, 0.15) is 0 Å². The molecule has 0 aliphatic heterocycles. The van der Waals surface area contributed by atoms with Gasteiger partial charge < -0.3 is 4.52 Å². The van der Waals surface area contributed by atoms with Crippen molar-refractivity contribution < 1.29 is 4.52 Å². The third-order valence-corrected chi connectivity index (χ3v) is 2.56. The maximum atomic E-state index is 5.69. The minimum absolute atomic E-state index is 0.581. The monoisotopic (exact) mass is 209 g/mol. The molecular formula is C11H12ClNO. The first-order valence-electron chi connectivity index (χ1n) is 4.79. The van der Waals surface area contributed by atoms with E-state index in [1.54, 1.807) is 0 Å². The summed E-state index contributed by atoms with van der Waals surface area (Å²) in [7, 11) is 0. The summed E-state index contributed by atoms with van der Waals surface area (Å²) in [4.78, 5) is 0. The van der Waals surface area contributed by atoms with Crippen LogP contribution in [0.5, 0.6) is 0 Å². The first-order valence-corrected chi connectivity index (χ1v) is 5.32. The van der Waals surface area contributed by atoms with Gasteiger partial charge in [0.25, 0.3) is 0 Å². The Kier molecular flexibility index (Phi) is 2.73. The van der Waals surface area contributed by atoms with E-state index in [4.69, 9.17) is 16.1 Å². The summed E-state index contributed by atoms with van der Waals surface area (Å²) in [5, 5.41) is 5.14. The molecule has 2 aromatic rings. The number of para-hydroxylation sites is 1. The fourth-order valence-corrected chi connectivity index (χ4v) is 1.80. The maximum Gasteiger partial charge on any atom is 0.170 e. The Labute approximate surface area is 87.8 Å².